The minimum atomic E-state index is 0.491. The lowest BCUT2D eigenvalue weighted by Gasteiger charge is -2.10. The molecule has 1 saturated carbocycles. The lowest BCUT2D eigenvalue weighted by molar-refractivity contribution is 0.343. The summed E-state index contributed by atoms with van der Waals surface area (Å²) in [4.78, 5) is 4.26. The van der Waals surface area contributed by atoms with E-state index >= 15 is 0 Å². The standard InChI is InChI=1S/C12H15BrN2O/c1-2-5-16-12-9(6-10(13)8-15-12)7-14-11-3-4-11/h2,6,8,11,14H,1,3-5,7H2. The van der Waals surface area contributed by atoms with Crippen LogP contribution in [0.1, 0.15) is 18.4 Å². The molecule has 0 saturated heterocycles. The van der Waals surface area contributed by atoms with Gasteiger partial charge < -0.3 is 10.1 Å². The monoisotopic (exact) mass is 282 g/mol. The van der Waals surface area contributed by atoms with Crippen molar-refractivity contribution >= 4 is 15.9 Å². The quantitative estimate of drug-likeness (QED) is 0.815. The number of ether oxygens (including phenoxy) is 1. The van der Waals surface area contributed by atoms with Crippen molar-refractivity contribution in [3.8, 4) is 5.88 Å². The van der Waals surface area contributed by atoms with Crippen molar-refractivity contribution in [2.24, 2.45) is 0 Å². The number of hydrogen-bond donors (Lipinski definition) is 1. The topological polar surface area (TPSA) is 34.1 Å². The molecule has 3 nitrogen and oxygen atoms in total. The highest BCUT2D eigenvalue weighted by Crippen LogP contribution is 2.23. The smallest absolute Gasteiger partial charge is 0.218 e. The average molecular weight is 283 g/mol. The zero-order chi connectivity index (χ0) is 11.4. The molecule has 0 spiro atoms. The van der Waals surface area contributed by atoms with E-state index in [0.29, 0.717) is 18.5 Å². The Morgan fingerprint density at radius 1 is 1.62 bits per heavy atom. The van der Waals surface area contributed by atoms with Gasteiger partial charge >= 0.3 is 0 Å². The summed E-state index contributed by atoms with van der Waals surface area (Å²) in [6.07, 6.45) is 6.04. The van der Waals surface area contributed by atoms with E-state index < -0.39 is 0 Å². The Morgan fingerprint density at radius 2 is 2.44 bits per heavy atom. The molecule has 1 aromatic heterocycles. The van der Waals surface area contributed by atoms with Crippen molar-refractivity contribution in [3.05, 3.63) is 35.0 Å². The van der Waals surface area contributed by atoms with Crippen LogP contribution >= 0.6 is 15.9 Å². The SMILES string of the molecule is C=CCOc1ncc(Br)cc1CNC1CC1. The average Bonchev–Trinajstić information content (AvgIpc) is 3.09. The summed E-state index contributed by atoms with van der Waals surface area (Å²) >= 11 is 3.42. The van der Waals surface area contributed by atoms with E-state index in [2.05, 4.69) is 32.8 Å². The van der Waals surface area contributed by atoms with Crippen LogP contribution in [0.4, 0.5) is 0 Å². The first-order valence-corrected chi connectivity index (χ1v) is 6.20. The Kier molecular flexibility index (Phi) is 3.96. The minimum Gasteiger partial charge on any atom is -0.473 e. The van der Waals surface area contributed by atoms with Gasteiger partial charge in [-0.1, -0.05) is 12.7 Å². The summed E-state index contributed by atoms with van der Waals surface area (Å²) in [6, 6.07) is 2.73. The van der Waals surface area contributed by atoms with Gasteiger partial charge in [0.1, 0.15) is 6.61 Å². The number of pyridine rings is 1. The van der Waals surface area contributed by atoms with Gasteiger partial charge in [-0.2, -0.15) is 0 Å². The summed E-state index contributed by atoms with van der Waals surface area (Å²) in [5.74, 6) is 0.691. The third kappa shape index (κ3) is 3.32. The first-order chi connectivity index (χ1) is 7.79. The normalized spacial score (nSPS) is 14.8. The summed E-state index contributed by atoms with van der Waals surface area (Å²) in [7, 11) is 0. The van der Waals surface area contributed by atoms with Crippen LogP contribution in [0.2, 0.25) is 0 Å². The van der Waals surface area contributed by atoms with Crippen molar-refractivity contribution in [3.63, 3.8) is 0 Å². The zero-order valence-corrected chi connectivity index (χ0v) is 10.7. The fourth-order valence-corrected chi connectivity index (χ4v) is 1.78. The number of rotatable bonds is 6. The van der Waals surface area contributed by atoms with E-state index in [1.54, 1.807) is 12.3 Å². The van der Waals surface area contributed by atoms with Gasteiger partial charge in [-0.05, 0) is 34.8 Å². The van der Waals surface area contributed by atoms with Crippen LogP contribution in [0.15, 0.2) is 29.4 Å². The summed E-state index contributed by atoms with van der Waals surface area (Å²) in [5, 5.41) is 3.45. The molecule has 1 aliphatic rings. The fourth-order valence-electron chi connectivity index (χ4n) is 1.40. The van der Waals surface area contributed by atoms with Gasteiger partial charge in [0.15, 0.2) is 0 Å². The van der Waals surface area contributed by atoms with E-state index in [-0.39, 0.29) is 0 Å². The predicted octanol–water partition coefficient (Wildman–Crippen LogP) is 2.66. The first kappa shape index (κ1) is 11.6. The van der Waals surface area contributed by atoms with Crippen molar-refractivity contribution in [2.75, 3.05) is 6.61 Å². The van der Waals surface area contributed by atoms with Gasteiger partial charge in [-0.15, -0.1) is 0 Å². The third-order valence-electron chi connectivity index (χ3n) is 2.39. The van der Waals surface area contributed by atoms with Crippen LogP contribution in [0.25, 0.3) is 0 Å². The summed E-state index contributed by atoms with van der Waals surface area (Å²) in [6.45, 7) is 4.93. The van der Waals surface area contributed by atoms with Crippen LogP contribution < -0.4 is 10.1 Å². The van der Waals surface area contributed by atoms with Crippen LogP contribution in [0.5, 0.6) is 5.88 Å². The molecule has 0 aliphatic heterocycles. The number of nitrogens with one attached hydrogen (secondary N) is 1. The predicted molar refractivity (Wildman–Crippen MR) is 67.5 cm³/mol. The highest BCUT2D eigenvalue weighted by atomic mass is 79.9. The third-order valence-corrected chi connectivity index (χ3v) is 2.82. The Labute approximate surface area is 104 Å². The second-order valence-electron chi connectivity index (χ2n) is 3.87. The number of halogens is 1. The lowest BCUT2D eigenvalue weighted by Crippen LogP contribution is -2.16. The molecule has 1 aliphatic carbocycles. The molecule has 86 valence electrons. The largest absolute Gasteiger partial charge is 0.473 e. The Bertz CT molecular complexity index is 377. The number of aromatic nitrogens is 1. The molecule has 16 heavy (non-hydrogen) atoms. The molecule has 4 heteroatoms. The van der Waals surface area contributed by atoms with Gasteiger partial charge in [0.05, 0.1) is 0 Å². The van der Waals surface area contributed by atoms with E-state index in [1.165, 1.54) is 12.8 Å². The zero-order valence-electron chi connectivity index (χ0n) is 9.08. The molecule has 0 unspecified atom stereocenters. The van der Waals surface area contributed by atoms with E-state index in [1.807, 2.05) is 6.07 Å². The maximum absolute atomic E-state index is 5.50. The van der Waals surface area contributed by atoms with Crippen molar-refractivity contribution in [1.82, 2.24) is 10.3 Å². The molecular formula is C12H15BrN2O. The van der Waals surface area contributed by atoms with Crippen molar-refractivity contribution < 1.29 is 4.74 Å². The maximum Gasteiger partial charge on any atom is 0.218 e. The van der Waals surface area contributed by atoms with Gasteiger partial charge in [0, 0.05) is 28.8 Å². The molecule has 1 aromatic rings. The number of nitrogens with zero attached hydrogens (tertiary/aromatic N) is 1. The second kappa shape index (κ2) is 5.46. The lowest BCUT2D eigenvalue weighted by atomic mass is 10.2. The Morgan fingerprint density at radius 3 is 3.12 bits per heavy atom. The van der Waals surface area contributed by atoms with Crippen LogP contribution in [0, 0.1) is 0 Å². The van der Waals surface area contributed by atoms with Gasteiger partial charge in [0.2, 0.25) is 5.88 Å². The molecule has 0 bridgehead atoms. The minimum absolute atomic E-state index is 0.491. The van der Waals surface area contributed by atoms with E-state index in [0.717, 1.165) is 16.6 Å². The number of hydrogen-bond acceptors (Lipinski definition) is 3. The van der Waals surface area contributed by atoms with Crippen molar-refractivity contribution in [2.45, 2.75) is 25.4 Å². The Balaban J connectivity index is 2.03. The van der Waals surface area contributed by atoms with Gasteiger partial charge in [-0.3, -0.25) is 0 Å². The van der Waals surface area contributed by atoms with E-state index in [4.69, 9.17) is 4.74 Å². The molecule has 1 fully saturated rings. The van der Waals surface area contributed by atoms with Gasteiger partial charge in [-0.25, -0.2) is 4.98 Å². The molecule has 2 rings (SSSR count). The highest BCUT2D eigenvalue weighted by Gasteiger charge is 2.20. The van der Waals surface area contributed by atoms with Crippen molar-refractivity contribution in [1.29, 1.82) is 0 Å². The van der Waals surface area contributed by atoms with Crippen LogP contribution in [0.3, 0.4) is 0 Å². The molecular weight excluding hydrogens is 268 g/mol. The molecule has 1 heterocycles. The van der Waals surface area contributed by atoms with Crippen LogP contribution in [-0.4, -0.2) is 17.6 Å². The fraction of sp³-hybridized carbons (Fsp3) is 0.417. The van der Waals surface area contributed by atoms with Gasteiger partial charge in [0.25, 0.3) is 0 Å². The molecule has 0 amide bonds. The first-order valence-electron chi connectivity index (χ1n) is 5.41. The summed E-state index contributed by atoms with van der Waals surface area (Å²) in [5.41, 5.74) is 1.09. The van der Waals surface area contributed by atoms with E-state index in [9.17, 15) is 0 Å². The highest BCUT2D eigenvalue weighted by molar-refractivity contribution is 9.10. The summed E-state index contributed by atoms with van der Waals surface area (Å²) < 4.78 is 6.48. The molecule has 0 radical (unpaired) electrons. The maximum atomic E-state index is 5.50. The van der Waals surface area contributed by atoms with Crippen LogP contribution in [-0.2, 0) is 6.54 Å². The second-order valence-corrected chi connectivity index (χ2v) is 4.79. The molecule has 0 atom stereocenters. The molecule has 1 N–H and O–H groups in total. The Hall–Kier alpha value is -0.870. The molecule has 0 aromatic carbocycles.